The summed E-state index contributed by atoms with van der Waals surface area (Å²) in [5.74, 6) is 1.35. The summed E-state index contributed by atoms with van der Waals surface area (Å²) in [6.45, 7) is 4.42. The average molecular weight is 304 g/mol. The molecule has 1 aromatic carbocycles. The maximum Gasteiger partial charge on any atom is 0.127 e. The molecule has 2 heterocycles. The van der Waals surface area contributed by atoms with E-state index >= 15 is 0 Å². The normalized spacial score (nSPS) is 20.3. The molecular weight excluding hydrogens is 286 g/mol. The number of alkyl halides is 1. The van der Waals surface area contributed by atoms with Crippen molar-refractivity contribution in [2.75, 3.05) is 13.2 Å². The lowest BCUT2D eigenvalue weighted by molar-refractivity contribution is 0.0485. The van der Waals surface area contributed by atoms with Gasteiger partial charge in [-0.2, -0.15) is 5.26 Å². The molecule has 5 heteroatoms. The van der Waals surface area contributed by atoms with Gasteiger partial charge in [-0.1, -0.05) is 0 Å². The minimum atomic E-state index is -0.160. The molecule has 110 valence electrons. The van der Waals surface area contributed by atoms with E-state index in [9.17, 15) is 0 Å². The Kier molecular flexibility index (Phi) is 4.14. The zero-order valence-corrected chi connectivity index (χ0v) is 12.8. The Balaban J connectivity index is 2.03. The fourth-order valence-corrected chi connectivity index (χ4v) is 3.08. The van der Waals surface area contributed by atoms with E-state index in [0.717, 1.165) is 49.5 Å². The third-order valence-corrected chi connectivity index (χ3v) is 4.15. The van der Waals surface area contributed by atoms with Crippen molar-refractivity contribution in [3.8, 4) is 6.07 Å². The molecule has 0 saturated carbocycles. The standard InChI is InChI=1S/C16H18ClN3O/c1-11(17)16-19-14-5-4-12(8-18)7-15(14)20(16)9-13-3-2-6-21-10-13/h4-5,7,11,13H,2-3,6,9-10H2,1H3. The molecule has 0 amide bonds. The maximum absolute atomic E-state index is 9.10. The van der Waals surface area contributed by atoms with E-state index in [4.69, 9.17) is 21.6 Å². The summed E-state index contributed by atoms with van der Waals surface area (Å²) in [4.78, 5) is 4.63. The Morgan fingerprint density at radius 2 is 2.43 bits per heavy atom. The summed E-state index contributed by atoms with van der Waals surface area (Å²) in [6, 6.07) is 7.78. The third-order valence-electron chi connectivity index (χ3n) is 3.96. The number of halogens is 1. The van der Waals surface area contributed by atoms with Crippen molar-refractivity contribution in [2.24, 2.45) is 5.92 Å². The Hall–Kier alpha value is -1.57. The van der Waals surface area contributed by atoms with Crippen molar-refractivity contribution < 1.29 is 4.74 Å². The zero-order chi connectivity index (χ0) is 14.8. The highest BCUT2D eigenvalue weighted by Gasteiger charge is 2.20. The summed E-state index contributed by atoms with van der Waals surface area (Å²) in [7, 11) is 0. The van der Waals surface area contributed by atoms with Crippen molar-refractivity contribution >= 4 is 22.6 Å². The van der Waals surface area contributed by atoms with Gasteiger partial charge in [0.2, 0.25) is 0 Å². The number of nitrogens with zero attached hydrogens (tertiary/aromatic N) is 3. The first-order valence-electron chi connectivity index (χ1n) is 7.31. The molecule has 1 aliphatic rings. The number of hydrogen-bond donors (Lipinski definition) is 0. The van der Waals surface area contributed by atoms with Gasteiger partial charge in [-0.3, -0.25) is 0 Å². The predicted octanol–water partition coefficient (Wildman–Crippen LogP) is 3.63. The lowest BCUT2D eigenvalue weighted by atomic mass is 10.0. The van der Waals surface area contributed by atoms with E-state index < -0.39 is 0 Å². The Morgan fingerprint density at radius 3 is 3.10 bits per heavy atom. The highest BCUT2D eigenvalue weighted by Crippen LogP contribution is 2.27. The Labute approximate surface area is 129 Å². The van der Waals surface area contributed by atoms with Crippen LogP contribution in [0.25, 0.3) is 11.0 Å². The first kappa shape index (κ1) is 14.4. The number of hydrogen-bond acceptors (Lipinski definition) is 3. The van der Waals surface area contributed by atoms with Crippen LogP contribution in [0.2, 0.25) is 0 Å². The van der Waals surface area contributed by atoms with Crippen LogP contribution in [0, 0.1) is 17.2 Å². The molecule has 2 unspecified atom stereocenters. The molecule has 1 aliphatic heterocycles. The topological polar surface area (TPSA) is 50.8 Å². The molecule has 2 aromatic rings. The Morgan fingerprint density at radius 1 is 1.57 bits per heavy atom. The third kappa shape index (κ3) is 2.90. The predicted molar refractivity (Wildman–Crippen MR) is 82.3 cm³/mol. The summed E-state index contributed by atoms with van der Waals surface area (Å²) in [6.07, 6.45) is 2.26. The van der Waals surface area contributed by atoms with Crippen LogP contribution in [-0.2, 0) is 11.3 Å². The second-order valence-electron chi connectivity index (χ2n) is 5.60. The monoisotopic (exact) mass is 303 g/mol. The van der Waals surface area contributed by atoms with Crippen LogP contribution < -0.4 is 0 Å². The molecule has 1 fully saturated rings. The van der Waals surface area contributed by atoms with Gasteiger partial charge in [-0.05, 0) is 38.0 Å². The highest BCUT2D eigenvalue weighted by atomic mass is 35.5. The van der Waals surface area contributed by atoms with Gasteiger partial charge in [0.15, 0.2) is 0 Å². The molecule has 1 saturated heterocycles. The smallest absolute Gasteiger partial charge is 0.127 e. The number of ether oxygens (including phenoxy) is 1. The molecule has 0 bridgehead atoms. The summed E-state index contributed by atoms with van der Waals surface area (Å²) in [5.41, 5.74) is 2.53. The van der Waals surface area contributed by atoms with E-state index in [0.29, 0.717) is 11.5 Å². The van der Waals surface area contributed by atoms with Crippen LogP contribution in [0.1, 0.15) is 36.5 Å². The van der Waals surface area contributed by atoms with Gasteiger partial charge in [0.25, 0.3) is 0 Å². The second kappa shape index (κ2) is 6.05. The van der Waals surface area contributed by atoms with Crippen LogP contribution in [-0.4, -0.2) is 22.8 Å². The summed E-state index contributed by atoms with van der Waals surface area (Å²) < 4.78 is 7.73. The van der Waals surface area contributed by atoms with Gasteiger partial charge < -0.3 is 9.30 Å². The van der Waals surface area contributed by atoms with Crippen molar-refractivity contribution in [3.05, 3.63) is 29.6 Å². The van der Waals surface area contributed by atoms with Crippen molar-refractivity contribution in [1.29, 1.82) is 5.26 Å². The number of nitriles is 1. The minimum Gasteiger partial charge on any atom is -0.381 e. The summed E-state index contributed by atoms with van der Waals surface area (Å²) in [5, 5.41) is 8.94. The van der Waals surface area contributed by atoms with Crippen molar-refractivity contribution in [3.63, 3.8) is 0 Å². The lowest BCUT2D eigenvalue weighted by Crippen LogP contribution is -2.23. The number of imidazole rings is 1. The first-order valence-corrected chi connectivity index (χ1v) is 7.75. The molecule has 2 atom stereocenters. The van der Waals surface area contributed by atoms with Crippen LogP contribution in [0.15, 0.2) is 18.2 Å². The fraction of sp³-hybridized carbons (Fsp3) is 0.500. The number of fused-ring (bicyclic) bond motifs is 1. The molecule has 0 aliphatic carbocycles. The van der Waals surface area contributed by atoms with Crippen LogP contribution in [0.5, 0.6) is 0 Å². The zero-order valence-electron chi connectivity index (χ0n) is 12.1. The quantitative estimate of drug-likeness (QED) is 0.814. The maximum atomic E-state index is 9.10. The van der Waals surface area contributed by atoms with Gasteiger partial charge in [0, 0.05) is 19.1 Å². The molecular formula is C16H18ClN3O. The molecule has 1 aromatic heterocycles. The largest absolute Gasteiger partial charge is 0.381 e. The average Bonchev–Trinajstić information content (AvgIpc) is 2.86. The lowest BCUT2D eigenvalue weighted by Gasteiger charge is -2.24. The van der Waals surface area contributed by atoms with Crippen molar-refractivity contribution in [2.45, 2.75) is 31.7 Å². The van der Waals surface area contributed by atoms with Gasteiger partial charge in [-0.15, -0.1) is 11.6 Å². The molecule has 0 N–H and O–H groups in total. The minimum absolute atomic E-state index is 0.160. The van der Waals surface area contributed by atoms with Crippen LogP contribution in [0.3, 0.4) is 0 Å². The van der Waals surface area contributed by atoms with Crippen LogP contribution in [0.4, 0.5) is 0 Å². The van der Waals surface area contributed by atoms with E-state index in [1.807, 2.05) is 19.1 Å². The SMILES string of the molecule is CC(Cl)c1nc2ccc(C#N)cc2n1CC1CCCOC1. The Bertz CT molecular complexity index is 681. The van der Waals surface area contributed by atoms with Gasteiger partial charge >= 0.3 is 0 Å². The van der Waals surface area contributed by atoms with Gasteiger partial charge in [0.05, 0.1) is 34.7 Å². The highest BCUT2D eigenvalue weighted by molar-refractivity contribution is 6.20. The molecule has 0 radical (unpaired) electrons. The number of aromatic nitrogens is 2. The number of benzene rings is 1. The summed E-state index contributed by atoms with van der Waals surface area (Å²) >= 11 is 6.29. The first-order chi connectivity index (χ1) is 10.2. The molecule has 21 heavy (non-hydrogen) atoms. The van der Waals surface area contributed by atoms with Gasteiger partial charge in [-0.25, -0.2) is 4.98 Å². The molecule has 3 rings (SSSR count). The van der Waals surface area contributed by atoms with Gasteiger partial charge in [0.1, 0.15) is 5.82 Å². The van der Waals surface area contributed by atoms with E-state index in [1.165, 1.54) is 0 Å². The van der Waals surface area contributed by atoms with E-state index in [-0.39, 0.29) is 5.38 Å². The fourth-order valence-electron chi connectivity index (χ4n) is 2.92. The molecule has 4 nitrogen and oxygen atoms in total. The second-order valence-corrected chi connectivity index (χ2v) is 6.25. The van der Waals surface area contributed by atoms with E-state index in [2.05, 4.69) is 15.6 Å². The molecule has 0 spiro atoms. The van der Waals surface area contributed by atoms with Crippen molar-refractivity contribution in [1.82, 2.24) is 9.55 Å². The van der Waals surface area contributed by atoms with Crippen LogP contribution >= 0.6 is 11.6 Å². The number of rotatable bonds is 3. The van der Waals surface area contributed by atoms with E-state index in [1.54, 1.807) is 6.07 Å².